The van der Waals surface area contributed by atoms with E-state index in [0.29, 0.717) is 13.2 Å². The van der Waals surface area contributed by atoms with E-state index >= 15 is 0 Å². The topological polar surface area (TPSA) is 104 Å². The Labute approximate surface area is 134 Å². The highest BCUT2D eigenvalue weighted by molar-refractivity contribution is 6.35. The van der Waals surface area contributed by atoms with Crippen LogP contribution in [0.15, 0.2) is 22.8 Å². The number of ether oxygens (including phenoxy) is 1. The summed E-state index contributed by atoms with van der Waals surface area (Å²) in [6.07, 6.45) is 0.885. The van der Waals surface area contributed by atoms with Crippen molar-refractivity contribution < 1.29 is 23.8 Å². The lowest BCUT2D eigenvalue weighted by Gasteiger charge is -2.33. The average molecular weight is 325 g/mol. The first-order valence-electron chi connectivity index (χ1n) is 7.67. The van der Waals surface area contributed by atoms with E-state index in [1.54, 1.807) is 12.3 Å². The fourth-order valence-corrected chi connectivity index (χ4v) is 2.37. The zero-order valence-electron chi connectivity index (χ0n) is 13.2. The molecule has 1 aromatic heterocycles. The maximum atomic E-state index is 11.8. The van der Waals surface area contributed by atoms with Crippen LogP contribution in [0, 0.1) is 0 Å². The van der Waals surface area contributed by atoms with Gasteiger partial charge in [0.1, 0.15) is 5.76 Å². The van der Waals surface area contributed by atoms with Crippen molar-refractivity contribution in [3.8, 4) is 0 Å². The molecular formula is C15H23N3O5. The van der Waals surface area contributed by atoms with Gasteiger partial charge in [0.25, 0.3) is 0 Å². The summed E-state index contributed by atoms with van der Waals surface area (Å²) in [6.45, 7) is 4.54. The number of nitrogens with zero attached hydrogens (tertiary/aromatic N) is 1. The molecule has 23 heavy (non-hydrogen) atoms. The molecule has 1 saturated heterocycles. The average Bonchev–Trinajstić information content (AvgIpc) is 3.07. The fraction of sp³-hybridized carbons (Fsp3) is 0.600. The van der Waals surface area contributed by atoms with Crippen LogP contribution in [0.25, 0.3) is 0 Å². The highest BCUT2D eigenvalue weighted by Gasteiger charge is 2.26. The first kappa shape index (κ1) is 17.5. The second-order valence-corrected chi connectivity index (χ2v) is 5.45. The van der Waals surface area contributed by atoms with E-state index < -0.39 is 17.9 Å². The molecule has 1 fully saturated rings. The van der Waals surface area contributed by atoms with E-state index in [2.05, 4.69) is 15.5 Å². The van der Waals surface area contributed by atoms with Gasteiger partial charge in [-0.25, -0.2) is 0 Å². The Hall–Kier alpha value is -1.90. The SMILES string of the molecule is C[C@H](O)CNC(=O)C(=O)NC[C@H](c1ccco1)N1CCOCC1. The van der Waals surface area contributed by atoms with E-state index in [1.165, 1.54) is 6.92 Å². The van der Waals surface area contributed by atoms with E-state index in [-0.39, 0.29) is 19.1 Å². The van der Waals surface area contributed by atoms with Gasteiger partial charge in [-0.1, -0.05) is 0 Å². The number of hydrogen-bond donors (Lipinski definition) is 3. The summed E-state index contributed by atoms with van der Waals surface area (Å²) < 4.78 is 10.8. The summed E-state index contributed by atoms with van der Waals surface area (Å²) in [5.41, 5.74) is 0. The molecule has 1 aliphatic heterocycles. The van der Waals surface area contributed by atoms with E-state index in [1.807, 2.05) is 6.07 Å². The Morgan fingerprint density at radius 3 is 2.48 bits per heavy atom. The second-order valence-electron chi connectivity index (χ2n) is 5.45. The molecule has 0 bridgehead atoms. The summed E-state index contributed by atoms with van der Waals surface area (Å²) in [7, 11) is 0. The lowest BCUT2D eigenvalue weighted by Crippen LogP contribution is -2.47. The van der Waals surface area contributed by atoms with Crippen LogP contribution in [0.5, 0.6) is 0 Å². The predicted octanol–water partition coefficient (Wildman–Crippen LogP) is -0.734. The summed E-state index contributed by atoms with van der Waals surface area (Å²) in [6, 6.07) is 3.49. The summed E-state index contributed by atoms with van der Waals surface area (Å²) in [5, 5.41) is 14.1. The van der Waals surface area contributed by atoms with Gasteiger partial charge in [-0.2, -0.15) is 0 Å². The number of furan rings is 1. The number of amides is 2. The van der Waals surface area contributed by atoms with E-state index in [0.717, 1.165) is 18.8 Å². The molecule has 0 unspecified atom stereocenters. The zero-order valence-corrected chi connectivity index (χ0v) is 13.2. The van der Waals surface area contributed by atoms with Crippen molar-refractivity contribution in [2.45, 2.75) is 19.1 Å². The van der Waals surface area contributed by atoms with E-state index in [9.17, 15) is 9.59 Å². The largest absolute Gasteiger partial charge is 0.468 e. The number of nitrogens with one attached hydrogen (secondary N) is 2. The van der Waals surface area contributed by atoms with Crippen molar-refractivity contribution in [2.75, 3.05) is 39.4 Å². The molecule has 2 atom stereocenters. The molecule has 0 aromatic carbocycles. The molecule has 8 nitrogen and oxygen atoms in total. The Morgan fingerprint density at radius 2 is 1.91 bits per heavy atom. The minimum Gasteiger partial charge on any atom is -0.468 e. The van der Waals surface area contributed by atoms with Gasteiger partial charge >= 0.3 is 11.8 Å². The van der Waals surface area contributed by atoms with E-state index in [4.69, 9.17) is 14.3 Å². The molecule has 2 amide bonds. The van der Waals surface area contributed by atoms with Crippen molar-refractivity contribution in [2.24, 2.45) is 0 Å². The number of hydrogen-bond acceptors (Lipinski definition) is 6. The Bertz CT molecular complexity index is 497. The Kier molecular flexibility index (Phi) is 6.57. The number of carbonyl (C=O) groups is 2. The van der Waals surface area contributed by atoms with Gasteiger partial charge in [0.05, 0.1) is 31.6 Å². The lowest BCUT2D eigenvalue weighted by atomic mass is 10.1. The normalized spacial score (nSPS) is 18.2. The summed E-state index contributed by atoms with van der Waals surface area (Å²) >= 11 is 0. The molecule has 2 heterocycles. The zero-order chi connectivity index (χ0) is 16.7. The van der Waals surface area contributed by atoms with Crippen LogP contribution >= 0.6 is 0 Å². The molecule has 0 aliphatic carbocycles. The third-order valence-corrected chi connectivity index (χ3v) is 3.58. The quantitative estimate of drug-likeness (QED) is 0.596. The number of aliphatic hydroxyl groups excluding tert-OH is 1. The molecule has 1 aromatic rings. The summed E-state index contributed by atoms with van der Waals surface area (Å²) in [4.78, 5) is 25.6. The van der Waals surface area contributed by atoms with Gasteiger partial charge in [-0.05, 0) is 19.1 Å². The molecule has 3 N–H and O–H groups in total. The van der Waals surface area contributed by atoms with Gasteiger partial charge < -0.3 is 24.9 Å². The molecular weight excluding hydrogens is 302 g/mol. The van der Waals surface area contributed by atoms with Gasteiger partial charge in [-0.15, -0.1) is 0 Å². The minimum atomic E-state index is -0.758. The van der Waals surface area contributed by atoms with Crippen LogP contribution in [0.2, 0.25) is 0 Å². The third kappa shape index (κ3) is 5.34. The van der Waals surface area contributed by atoms with Crippen LogP contribution in [0.3, 0.4) is 0 Å². The number of carbonyl (C=O) groups excluding carboxylic acids is 2. The standard InChI is InChI=1S/C15H23N3O5/c1-11(19)9-16-14(20)15(21)17-10-12(13-3-2-6-23-13)18-4-7-22-8-5-18/h2-3,6,11-12,19H,4-5,7-10H2,1H3,(H,16,20)(H,17,21)/t11-,12+/m0/s1. The van der Waals surface area contributed by atoms with Crippen LogP contribution in [0.4, 0.5) is 0 Å². The van der Waals surface area contributed by atoms with Crippen LogP contribution < -0.4 is 10.6 Å². The van der Waals surface area contributed by atoms with Gasteiger partial charge in [-0.3, -0.25) is 14.5 Å². The van der Waals surface area contributed by atoms with Crippen molar-refractivity contribution in [1.82, 2.24) is 15.5 Å². The lowest BCUT2D eigenvalue weighted by molar-refractivity contribution is -0.139. The van der Waals surface area contributed by atoms with Gasteiger partial charge in [0, 0.05) is 26.2 Å². The van der Waals surface area contributed by atoms with Gasteiger partial charge in [0.2, 0.25) is 0 Å². The predicted molar refractivity (Wildman–Crippen MR) is 81.5 cm³/mol. The van der Waals surface area contributed by atoms with Crippen molar-refractivity contribution in [3.05, 3.63) is 24.2 Å². The highest BCUT2D eigenvalue weighted by atomic mass is 16.5. The van der Waals surface area contributed by atoms with Crippen LogP contribution in [0.1, 0.15) is 18.7 Å². The van der Waals surface area contributed by atoms with Crippen molar-refractivity contribution in [3.63, 3.8) is 0 Å². The smallest absolute Gasteiger partial charge is 0.309 e. The van der Waals surface area contributed by atoms with Crippen molar-refractivity contribution in [1.29, 1.82) is 0 Å². The first-order valence-corrected chi connectivity index (χ1v) is 7.67. The maximum absolute atomic E-state index is 11.8. The Balaban J connectivity index is 1.90. The summed E-state index contributed by atoms with van der Waals surface area (Å²) in [5.74, 6) is -0.752. The maximum Gasteiger partial charge on any atom is 0.309 e. The third-order valence-electron chi connectivity index (χ3n) is 3.58. The minimum absolute atomic E-state index is 0.0390. The number of morpholine rings is 1. The van der Waals surface area contributed by atoms with Gasteiger partial charge in [0.15, 0.2) is 0 Å². The monoisotopic (exact) mass is 325 g/mol. The fourth-order valence-electron chi connectivity index (χ4n) is 2.37. The molecule has 2 rings (SSSR count). The van der Waals surface area contributed by atoms with Crippen molar-refractivity contribution >= 4 is 11.8 Å². The molecule has 128 valence electrons. The second kappa shape index (κ2) is 8.66. The number of aliphatic hydroxyl groups is 1. The first-order chi connectivity index (χ1) is 11.1. The molecule has 0 spiro atoms. The van der Waals surface area contributed by atoms with Crippen LogP contribution in [-0.4, -0.2) is 67.3 Å². The molecule has 0 saturated carbocycles. The Morgan fingerprint density at radius 1 is 1.26 bits per heavy atom. The van der Waals surface area contributed by atoms with Crippen LogP contribution in [-0.2, 0) is 14.3 Å². The molecule has 8 heteroatoms. The molecule has 1 aliphatic rings. The highest BCUT2D eigenvalue weighted by Crippen LogP contribution is 2.21. The molecule has 0 radical (unpaired) electrons. The number of rotatable bonds is 6.